The minimum absolute atomic E-state index is 0.00495. The predicted octanol–water partition coefficient (Wildman–Crippen LogP) is 5.08. The molecule has 0 aliphatic carbocycles. The fourth-order valence-electron chi connectivity index (χ4n) is 4.98. The number of carbonyl (C=O) groups excluding carboxylic acids is 1. The first kappa shape index (κ1) is 23.0. The van der Waals surface area contributed by atoms with Crippen LogP contribution >= 0.6 is 0 Å². The molecule has 32 heavy (non-hydrogen) atoms. The number of hydrogen-bond acceptors (Lipinski definition) is 3. The van der Waals surface area contributed by atoms with E-state index >= 15 is 0 Å². The van der Waals surface area contributed by atoms with Gasteiger partial charge in [-0.05, 0) is 86.0 Å². The van der Waals surface area contributed by atoms with Gasteiger partial charge in [0, 0.05) is 31.7 Å². The Balaban J connectivity index is 1.22. The van der Waals surface area contributed by atoms with Crippen LogP contribution in [0.15, 0.2) is 48.5 Å². The SMILES string of the molecule is CC1CCN(Cc2ccc(CNC(=O)c3ccc(CN4CCCC(C)C4)cc3)cc2)CC1. The number of rotatable bonds is 7. The summed E-state index contributed by atoms with van der Waals surface area (Å²) in [7, 11) is 0. The van der Waals surface area contributed by atoms with Crippen LogP contribution in [0.4, 0.5) is 0 Å². The zero-order valence-electron chi connectivity index (χ0n) is 19.9. The molecule has 1 unspecified atom stereocenters. The topological polar surface area (TPSA) is 35.6 Å². The third kappa shape index (κ3) is 6.66. The molecular weight excluding hydrogens is 394 g/mol. The molecule has 2 aliphatic rings. The Hall–Kier alpha value is -2.17. The average Bonchev–Trinajstić information content (AvgIpc) is 2.80. The Morgan fingerprint density at radius 1 is 0.781 bits per heavy atom. The van der Waals surface area contributed by atoms with Gasteiger partial charge in [-0.1, -0.05) is 50.2 Å². The lowest BCUT2D eigenvalue weighted by atomic mass is 9.99. The number of hydrogen-bond donors (Lipinski definition) is 1. The van der Waals surface area contributed by atoms with Gasteiger partial charge in [0.1, 0.15) is 0 Å². The van der Waals surface area contributed by atoms with Gasteiger partial charge in [-0.3, -0.25) is 14.6 Å². The first-order valence-corrected chi connectivity index (χ1v) is 12.4. The van der Waals surface area contributed by atoms with Crippen molar-refractivity contribution < 1.29 is 4.79 Å². The number of piperidine rings is 2. The van der Waals surface area contributed by atoms with Gasteiger partial charge in [0.15, 0.2) is 0 Å². The fraction of sp³-hybridized carbons (Fsp3) is 0.536. The average molecular weight is 434 g/mol. The van der Waals surface area contributed by atoms with E-state index in [0.717, 1.165) is 36.1 Å². The second-order valence-electron chi connectivity index (χ2n) is 10.1. The quantitative estimate of drug-likeness (QED) is 0.661. The second kappa shape index (κ2) is 11.1. The molecule has 0 spiro atoms. The van der Waals surface area contributed by atoms with Crippen molar-refractivity contribution in [2.24, 2.45) is 11.8 Å². The molecule has 2 aromatic carbocycles. The van der Waals surface area contributed by atoms with Gasteiger partial charge in [-0.15, -0.1) is 0 Å². The van der Waals surface area contributed by atoms with E-state index in [-0.39, 0.29) is 5.91 Å². The van der Waals surface area contributed by atoms with Crippen LogP contribution in [-0.2, 0) is 19.6 Å². The summed E-state index contributed by atoms with van der Waals surface area (Å²) < 4.78 is 0. The standard InChI is InChI=1S/C28H39N3O/c1-22-13-16-30(17-14-22)20-25-7-5-24(6-8-25)18-29-28(32)27-11-9-26(10-12-27)21-31-15-3-4-23(2)19-31/h5-12,22-23H,3-4,13-21H2,1-2H3,(H,29,32). The summed E-state index contributed by atoms with van der Waals surface area (Å²) in [6.07, 6.45) is 5.25. The highest BCUT2D eigenvalue weighted by Crippen LogP contribution is 2.19. The van der Waals surface area contributed by atoms with Crippen molar-refractivity contribution in [2.45, 2.75) is 59.2 Å². The van der Waals surface area contributed by atoms with Crippen molar-refractivity contribution in [3.05, 3.63) is 70.8 Å². The number of benzene rings is 2. The van der Waals surface area contributed by atoms with Gasteiger partial charge < -0.3 is 5.32 Å². The van der Waals surface area contributed by atoms with Gasteiger partial charge in [0.05, 0.1) is 0 Å². The third-order valence-electron chi connectivity index (χ3n) is 7.12. The number of amides is 1. The van der Waals surface area contributed by atoms with Gasteiger partial charge in [0.25, 0.3) is 5.91 Å². The van der Waals surface area contributed by atoms with E-state index < -0.39 is 0 Å². The number of likely N-dealkylation sites (tertiary alicyclic amines) is 2. The first-order chi connectivity index (χ1) is 15.5. The lowest BCUT2D eigenvalue weighted by Gasteiger charge is -2.30. The van der Waals surface area contributed by atoms with Crippen molar-refractivity contribution in [1.29, 1.82) is 0 Å². The highest BCUT2D eigenvalue weighted by molar-refractivity contribution is 5.94. The molecule has 2 aromatic rings. The summed E-state index contributed by atoms with van der Waals surface area (Å²) in [5.41, 5.74) is 4.52. The molecule has 2 saturated heterocycles. The van der Waals surface area contributed by atoms with E-state index in [9.17, 15) is 4.79 Å². The summed E-state index contributed by atoms with van der Waals surface area (Å²) in [5.74, 6) is 1.65. The highest BCUT2D eigenvalue weighted by atomic mass is 16.1. The number of carbonyl (C=O) groups is 1. The molecule has 1 amide bonds. The van der Waals surface area contributed by atoms with Gasteiger partial charge >= 0.3 is 0 Å². The number of nitrogens with zero attached hydrogens (tertiary/aromatic N) is 2. The highest BCUT2D eigenvalue weighted by Gasteiger charge is 2.17. The molecule has 0 saturated carbocycles. The lowest BCUT2D eigenvalue weighted by molar-refractivity contribution is 0.0951. The van der Waals surface area contributed by atoms with E-state index in [2.05, 4.69) is 65.4 Å². The Morgan fingerprint density at radius 2 is 1.38 bits per heavy atom. The van der Waals surface area contributed by atoms with Crippen LogP contribution in [0.5, 0.6) is 0 Å². The van der Waals surface area contributed by atoms with Gasteiger partial charge in [0.2, 0.25) is 0 Å². The van der Waals surface area contributed by atoms with Gasteiger partial charge in [-0.2, -0.15) is 0 Å². The lowest BCUT2D eigenvalue weighted by Crippen LogP contribution is -2.33. The summed E-state index contributed by atoms with van der Waals surface area (Å²) in [6, 6.07) is 16.8. The minimum atomic E-state index is -0.00495. The second-order valence-corrected chi connectivity index (χ2v) is 10.1. The molecule has 1 atom stereocenters. The van der Waals surface area contributed by atoms with E-state index in [1.54, 1.807) is 0 Å². The molecular formula is C28H39N3O. The van der Waals surface area contributed by atoms with Crippen LogP contribution in [0.25, 0.3) is 0 Å². The maximum Gasteiger partial charge on any atom is 0.251 e. The molecule has 1 N–H and O–H groups in total. The molecule has 4 nitrogen and oxygen atoms in total. The molecule has 0 bridgehead atoms. The van der Waals surface area contributed by atoms with E-state index in [0.29, 0.717) is 6.54 Å². The zero-order valence-corrected chi connectivity index (χ0v) is 19.9. The summed E-state index contributed by atoms with van der Waals surface area (Å²) in [6.45, 7) is 12.0. The van der Waals surface area contributed by atoms with Crippen LogP contribution in [-0.4, -0.2) is 41.9 Å². The van der Waals surface area contributed by atoms with Crippen LogP contribution in [0.1, 0.15) is 66.6 Å². The Kier molecular flexibility index (Phi) is 7.99. The molecule has 2 fully saturated rings. The van der Waals surface area contributed by atoms with Crippen LogP contribution in [0, 0.1) is 11.8 Å². The predicted molar refractivity (Wildman–Crippen MR) is 131 cm³/mol. The number of nitrogens with one attached hydrogen (secondary N) is 1. The molecule has 0 aromatic heterocycles. The maximum absolute atomic E-state index is 12.6. The third-order valence-corrected chi connectivity index (χ3v) is 7.12. The maximum atomic E-state index is 12.6. The minimum Gasteiger partial charge on any atom is -0.348 e. The Morgan fingerprint density at radius 3 is 2.03 bits per heavy atom. The zero-order chi connectivity index (χ0) is 22.3. The fourth-order valence-corrected chi connectivity index (χ4v) is 4.98. The van der Waals surface area contributed by atoms with E-state index in [1.807, 2.05) is 12.1 Å². The monoisotopic (exact) mass is 433 g/mol. The van der Waals surface area contributed by atoms with Crippen molar-refractivity contribution in [3.63, 3.8) is 0 Å². The molecule has 0 radical (unpaired) electrons. The summed E-state index contributed by atoms with van der Waals surface area (Å²) in [4.78, 5) is 17.7. The van der Waals surface area contributed by atoms with E-state index in [4.69, 9.17) is 0 Å². The van der Waals surface area contributed by atoms with Crippen molar-refractivity contribution in [3.8, 4) is 0 Å². The van der Waals surface area contributed by atoms with Crippen LogP contribution < -0.4 is 5.32 Å². The molecule has 2 aliphatic heterocycles. The van der Waals surface area contributed by atoms with Gasteiger partial charge in [-0.25, -0.2) is 0 Å². The Labute approximate surface area is 194 Å². The largest absolute Gasteiger partial charge is 0.348 e. The summed E-state index contributed by atoms with van der Waals surface area (Å²) >= 11 is 0. The van der Waals surface area contributed by atoms with E-state index in [1.165, 1.54) is 63.0 Å². The molecule has 4 rings (SSSR count). The first-order valence-electron chi connectivity index (χ1n) is 12.4. The van der Waals surface area contributed by atoms with Crippen molar-refractivity contribution in [1.82, 2.24) is 15.1 Å². The molecule has 2 heterocycles. The smallest absolute Gasteiger partial charge is 0.251 e. The van der Waals surface area contributed by atoms with Crippen molar-refractivity contribution in [2.75, 3.05) is 26.2 Å². The Bertz CT molecular complexity index is 853. The molecule has 172 valence electrons. The normalized spacial score (nSPS) is 20.9. The molecule has 4 heteroatoms. The van der Waals surface area contributed by atoms with Crippen LogP contribution in [0.2, 0.25) is 0 Å². The van der Waals surface area contributed by atoms with Crippen LogP contribution in [0.3, 0.4) is 0 Å². The summed E-state index contributed by atoms with van der Waals surface area (Å²) in [5, 5.41) is 3.07. The van der Waals surface area contributed by atoms with Crippen molar-refractivity contribution >= 4 is 5.91 Å².